The Morgan fingerprint density at radius 1 is 0.500 bits per heavy atom. The fourth-order valence-electron chi connectivity index (χ4n) is 19.7. The molecule has 0 heterocycles. The lowest BCUT2D eigenvalue weighted by molar-refractivity contribution is -0.153. The summed E-state index contributed by atoms with van der Waals surface area (Å²) < 4.78 is 0. The summed E-state index contributed by atoms with van der Waals surface area (Å²) in [4.78, 5) is 0. The van der Waals surface area contributed by atoms with Gasteiger partial charge >= 0.3 is 0 Å². The molecule has 0 saturated heterocycles. The van der Waals surface area contributed by atoms with E-state index in [0.29, 0.717) is 21.7 Å². The van der Waals surface area contributed by atoms with E-state index in [0.717, 1.165) is 142 Å². The van der Waals surface area contributed by atoms with Gasteiger partial charge in [-0.1, -0.05) is 94.7 Å². The van der Waals surface area contributed by atoms with E-state index in [4.69, 9.17) is 0 Å². The Morgan fingerprint density at radius 2 is 0.985 bits per heavy atom. The van der Waals surface area contributed by atoms with Crippen molar-refractivity contribution in [3.63, 3.8) is 0 Å². The van der Waals surface area contributed by atoms with E-state index in [9.17, 15) is 20.4 Å². The fourth-order valence-corrected chi connectivity index (χ4v) is 19.7. The highest BCUT2D eigenvalue weighted by Gasteiger charge is 2.63. The van der Waals surface area contributed by atoms with Gasteiger partial charge in [0.15, 0.2) is 0 Å². The van der Waals surface area contributed by atoms with Crippen molar-refractivity contribution in [1.82, 2.24) is 0 Å². The number of aliphatic hydroxyl groups is 4. The number of hydrogen-bond acceptors (Lipinski definition) is 4. The first-order chi connectivity index (χ1) is 31.3. The van der Waals surface area contributed by atoms with E-state index in [1.54, 1.807) is 5.57 Å². The maximum atomic E-state index is 11.0. The minimum atomic E-state index is -0.445. The van der Waals surface area contributed by atoms with Gasteiger partial charge in [-0.25, -0.2) is 0 Å². The maximum Gasteiger partial charge on any atom is 0.0682 e. The largest absolute Gasteiger partial charge is 0.390 e. The number of hydrogen-bond donors (Lipinski definition) is 4. The van der Waals surface area contributed by atoms with Crippen molar-refractivity contribution in [3.8, 4) is 0 Å². The highest BCUT2D eigenvalue weighted by atomic mass is 16.3. The van der Waals surface area contributed by atoms with Crippen molar-refractivity contribution in [2.75, 3.05) is 0 Å². The normalized spacial score (nSPS) is 47.7. The number of fused-ring (bicyclic) bond motifs is 10. The van der Waals surface area contributed by atoms with E-state index >= 15 is 0 Å². The second kappa shape index (κ2) is 20.2. The molecule has 4 heteroatoms. The van der Waals surface area contributed by atoms with Gasteiger partial charge in [-0.05, 0) is 273 Å². The van der Waals surface area contributed by atoms with Gasteiger partial charge in [-0.3, -0.25) is 0 Å². The Balaban J connectivity index is 0.000000183. The molecule has 0 aliphatic heterocycles. The first kappa shape index (κ1) is 53.4. The third-order valence-corrected chi connectivity index (χ3v) is 24.6. The van der Waals surface area contributed by atoms with Crippen LogP contribution in [0, 0.1) is 86.8 Å². The van der Waals surface area contributed by atoms with Gasteiger partial charge in [0.05, 0.1) is 22.4 Å². The van der Waals surface area contributed by atoms with E-state index in [1.165, 1.54) is 109 Å². The van der Waals surface area contributed by atoms with Crippen LogP contribution in [-0.4, -0.2) is 42.8 Å². The van der Waals surface area contributed by atoms with E-state index < -0.39 is 5.60 Å². The summed E-state index contributed by atoms with van der Waals surface area (Å²) in [6.07, 6.45) is 37.4. The van der Waals surface area contributed by atoms with Crippen LogP contribution in [0.1, 0.15) is 269 Å². The summed E-state index contributed by atoms with van der Waals surface area (Å²) in [5, 5.41) is 43.3. The molecule has 0 spiro atoms. The molecule has 10 aliphatic rings. The van der Waals surface area contributed by atoms with Crippen LogP contribution in [0.3, 0.4) is 0 Å². The van der Waals surface area contributed by atoms with E-state index in [2.05, 4.69) is 61.5 Å². The van der Waals surface area contributed by atoms with E-state index in [1.807, 2.05) is 27.7 Å². The van der Waals surface area contributed by atoms with Crippen LogP contribution >= 0.6 is 0 Å². The van der Waals surface area contributed by atoms with Gasteiger partial charge in [0.1, 0.15) is 0 Å². The van der Waals surface area contributed by atoms with Crippen molar-refractivity contribution in [2.45, 2.75) is 292 Å². The van der Waals surface area contributed by atoms with Gasteiger partial charge in [-0.2, -0.15) is 0 Å². The summed E-state index contributed by atoms with van der Waals surface area (Å²) in [5.41, 5.74) is 2.01. The third kappa shape index (κ3) is 9.54. The predicted octanol–water partition coefficient (Wildman–Crippen LogP) is 16.2. The molecule has 382 valence electrons. The first-order valence-corrected chi connectivity index (χ1v) is 29.8. The van der Waals surface area contributed by atoms with Crippen LogP contribution in [0.15, 0.2) is 11.6 Å². The van der Waals surface area contributed by atoms with E-state index in [-0.39, 0.29) is 16.8 Å². The second-order valence-corrected chi connectivity index (χ2v) is 27.1. The van der Waals surface area contributed by atoms with Gasteiger partial charge in [-0.15, -0.1) is 0 Å². The highest BCUT2D eigenvalue weighted by Crippen LogP contribution is 2.70. The van der Waals surface area contributed by atoms with Crippen LogP contribution in [0.5, 0.6) is 0 Å². The lowest BCUT2D eigenvalue weighted by Crippen LogP contribution is -2.56. The molecule has 0 bridgehead atoms. The Labute approximate surface area is 408 Å². The summed E-state index contributed by atoms with van der Waals surface area (Å²) in [5.74, 6) is 9.29. The standard InChI is InChI=1S/C29H50O2.C29H48O2.2C2H6/c2*1-5-28(30)18-17-26(3)21(19-28)7-8-22-24-10-9-23(27(24,4)15-12-25(22)26)20(2)11-16-29(31)13-6-14-29;2*1-2/h20-25,30-31H,5-19H2,1-4H3;7,20,22-25,30-31H,5-6,8-19H2,1-4H3;2*1-2H3/t20-,21+,22+,23-,24+,25+,26+,27-,28+;20-,22+,23-,24+,25+,26+,27-,28+;;/m11../s1. The summed E-state index contributed by atoms with van der Waals surface area (Å²) in [7, 11) is 0. The molecule has 10 rings (SSSR count). The van der Waals surface area contributed by atoms with Crippen LogP contribution < -0.4 is 0 Å². The van der Waals surface area contributed by atoms with Crippen LogP contribution in [-0.2, 0) is 0 Å². The van der Waals surface area contributed by atoms with Crippen molar-refractivity contribution in [1.29, 1.82) is 0 Å². The van der Waals surface area contributed by atoms with Crippen molar-refractivity contribution in [3.05, 3.63) is 11.6 Å². The molecule has 9 fully saturated rings. The smallest absolute Gasteiger partial charge is 0.0682 e. The summed E-state index contributed by atoms with van der Waals surface area (Å²) >= 11 is 0. The molecular weight excluding hydrogens is 809 g/mol. The molecule has 0 radical (unpaired) electrons. The van der Waals surface area contributed by atoms with Gasteiger partial charge in [0, 0.05) is 0 Å². The molecule has 4 N–H and O–H groups in total. The Hall–Kier alpha value is -0.420. The second-order valence-electron chi connectivity index (χ2n) is 27.1. The quantitative estimate of drug-likeness (QED) is 0.165. The lowest BCUT2D eigenvalue weighted by atomic mass is 9.43. The topological polar surface area (TPSA) is 80.9 Å². The molecule has 0 aromatic carbocycles. The molecule has 0 amide bonds. The summed E-state index contributed by atoms with van der Waals surface area (Å²) in [6.45, 7) is 27.9. The predicted molar refractivity (Wildman–Crippen MR) is 278 cm³/mol. The van der Waals surface area contributed by atoms with Crippen LogP contribution in [0.4, 0.5) is 0 Å². The monoisotopic (exact) mass is 919 g/mol. The lowest BCUT2D eigenvalue weighted by Gasteiger charge is -2.62. The molecule has 4 nitrogen and oxygen atoms in total. The first-order valence-electron chi connectivity index (χ1n) is 29.8. The zero-order valence-electron chi connectivity index (χ0n) is 45.7. The van der Waals surface area contributed by atoms with Gasteiger partial charge in [0.25, 0.3) is 0 Å². The number of rotatable bonds is 10. The van der Waals surface area contributed by atoms with Gasteiger partial charge in [0.2, 0.25) is 0 Å². The zero-order valence-corrected chi connectivity index (χ0v) is 45.7. The molecule has 9 saturated carbocycles. The number of allylic oxidation sites excluding steroid dienone is 1. The molecule has 0 aromatic rings. The van der Waals surface area contributed by atoms with Crippen molar-refractivity contribution >= 4 is 0 Å². The summed E-state index contributed by atoms with van der Waals surface area (Å²) in [6, 6.07) is 0. The average Bonchev–Trinajstić information content (AvgIpc) is 3.85. The Bertz CT molecular complexity index is 1630. The molecule has 17 atom stereocenters. The third-order valence-electron chi connectivity index (χ3n) is 24.6. The van der Waals surface area contributed by atoms with Crippen molar-refractivity contribution < 1.29 is 20.4 Å². The maximum absolute atomic E-state index is 11.0. The fraction of sp³-hybridized carbons (Fsp3) is 0.968. The zero-order chi connectivity index (χ0) is 48.1. The molecule has 0 aromatic heterocycles. The minimum absolute atomic E-state index is 0.306. The minimum Gasteiger partial charge on any atom is -0.390 e. The Kier molecular flexibility index (Phi) is 16.4. The molecule has 10 aliphatic carbocycles. The van der Waals surface area contributed by atoms with Crippen molar-refractivity contribution in [2.24, 2.45) is 86.8 Å². The highest BCUT2D eigenvalue weighted by molar-refractivity contribution is 5.27. The van der Waals surface area contributed by atoms with Gasteiger partial charge < -0.3 is 20.4 Å². The Morgan fingerprint density at radius 3 is 1.48 bits per heavy atom. The molecule has 66 heavy (non-hydrogen) atoms. The molecule has 0 unspecified atom stereocenters. The van der Waals surface area contributed by atoms with Crippen LogP contribution in [0.2, 0.25) is 0 Å². The average molecular weight is 920 g/mol. The SMILES string of the molecule is CC.CC.CC[C@]1(O)CC[C@@]2(C)C(=CC[C@H]3[C@@H]4CC[C@H]([C@H](C)CCC5(O)CCC5)[C@@]4(C)CC[C@@H]32)C1.CC[C@]1(O)CC[C@@]2(C)[C@@H](CC[C@@H]3[C@@H]2CC[C@]2(C)[C@@H]([C@H](C)CCC4(O)CCC4)CC[C@@H]32)C1. The van der Waals surface area contributed by atoms with Crippen LogP contribution in [0.25, 0.3) is 0 Å². The molecular formula is C62H110O4.